The van der Waals surface area contributed by atoms with Crippen LogP contribution in [0.3, 0.4) is 0 Å². The van der Waals surface area contributed by atoms with Gasteiger partial charge in [0.05, 0.1) is 20.1 Å². The smallest absolute Gasteiger partial charge is 0.309 e. The Labute approximate surface area is 94.9 Å². The van der Waals surface area contributed by atoms with Gasteiger partial charge in [-0.25, -0.2) is 0 Å². The van der Waals surface area contributed by atoms with Gasteiger partial charge in [-0.3, -0.25) is 9.59 Å². The Bertz CT molecular complexity index is 341. The van der Waals surface area contributed by atoms with Crippen molar-refractivity contribution in [1.29, 1.82) is 0 Å². The van der Waals surface area contributed by atoms with Crippen LogP contribution < -0.4 is 0 Å². The molecule has 0 radical (unpaired) electrons. The van der Waals surface area contributed by atoms with E-state index in [1.54, 1.807) is 6.08 Å². The van der Waals surface area contributed by atoms with Crippen molar-refractivity contribution < 1.29 is 19.1 Å². The van der Waals surface area contributed by atoms with E-state index in [1.165, 1.54) is 20.3 Å². The molecule has 1 aliphatic rings. The van der Waals surface area contributed by atoms with Crippen molar-refractivity contribution in [2.45, 2.75) is 13.3 Å². The van der Waals surface area contributed by atoms with Gasteiger partial charge in [0.15, 0.2) is 5.78 Å². The molecule has 0 amide bonds. The minimum Gasteiger partial charge on any atom is -0.497 e. The van der Waals surface area contributed by atoms with E-state index in [2.05, 4.69) is 4.74 Å². The molecule has 0 spiro atoms. The number of ketones is 1. The topological polar surface area (TPSA) is 52.6 Å². The molecule has 4 nitrogen and oxygen atoms in total. The number of carbonyl (C=O) groups is 2. The normalized spacial score (nSPS) is 25.4. The zero-order valence-corrected chi connectivity index (χ0v) is 9.73. The highest BCUT2D eigenvalue weighted by Gasteiger charge is 2.27. The summed E-state index contributed by atoms with van der Waals surface area (Å²) in [7, 11) is 2.84. The molecule has 0 aromatic heterocycles. The van der Waals surface area contributed by atoms with Crippen molar-refractivity contribution in [2.75, 3.05) is 14.2 Å². The summed E-state index contributed by atoms with van der Waals surface area (Å²) < 4.78 is 9.69. The largest absolute Gasteiger partial charge is 0.497 e. The number of hydrogen-bond acceptors (Lipinski definition) is 4. The zero-order chi connectivity index (χ0) is 12.1. The van der Waals surface area contributed by atoms with Gasteiger partial charge in [0.25, 0.3) is 0 Å². The standard InChI is InChI=1S/C12H16O4/c1-8-4-5-10(15-2)6-9(13)7-11(8)12(14)16-3/h4-6,8,11H,7H2,1-3H3/t8-,11+/m0/s1. The van der Waals surface area contributed by atoms with Gasteiger partial charge in [-0.15, -0.1) is 0 Å². The molecule has 0 aromatic carbocycles. The summed E-state index contributed by atoms with van der Waals surface area (Å²) in [5, 5.41) is 0. The Morgan fingerprint density at radius 2 is 2.12 bits per heavy atom. The van der Waals surface area contributed by atoms with Gasteiger partial charge in [0.2, 0.25) is 0 Å². The quantitative estimate of drug-likeness (QED) is 0.666. The second-order valence-electron chi connectivity index (χ2n) is 3.77. The maximum absolute atomic E-state index is 11.6. The Kier molecular flexibility index (Phi) is 4.28. The molecule has 0 heterocycles. The van der Waals surface area contributed by atoms with E-state index >= 15 is 0 Å². The monoisotopic (exact) mass is 224 g/mol. The van der Waals surface area contributed by atoms with Crippen molar-refractivity contribution >= 4 is 11.8 Å². The summed E-state index contributed by atoms with van der Waals surface area (Å²) in [6, 6.07) is 0. The van der Waals surface area contributed by atoms with E-state index in [0.717, 1.165) is 0 Å². The minimum atomic E-state index is -0.414. The number of ether oxygens (including phenoxy) is 2. The van der Waals surface area contributed by atoms with Crippen LogP contribution in [0.2, 0.25) is 0 Å². The molecule has 0 unspecified atom stereocenters. The number of carbonyl (C=O) groups excluding carboxylic acids is 2. The van der Waals surface area contributed by atoms with E-state index < -0.39 is 5.92 Å². The van der Waals surface area contributed by atoms with Crippen LogP contribution in [0, 0.1) is 11.8 Å². The molecule has 0 saturated heterocycles. The third-order valence-corrected chi connectivity index (χ3v) is 2.66. The molecule has 0 aromatic rings. The first-order chi connectivity index (χ1) is 7.58. The lowest BCUT2D eigenvalue weighted by atomic mass is 9.87. The first-order valence-corrected chi connectivity index (χ1v) is 5.13. The fourth-order valence-corrected chi connectivity index (χ4v) is 1.63. The van der Waals surface area contributed by atoms with Crippen LogP contribution in [-0.4, -0.2) is 26.0 Å². The Hall–Kier alpha value is -1.58. The van der Waals surface area contributed by atoms with Gasteiger partial charge in [-0.1, -0.05) is 13.0 Å². The fourth-order valence-electron chi connectivity index (χ4n) is 1.63. The molecular weight excluding hydrogens is 208 g/mol. The SMILES string of the molecule is COC(=O)[C@@H]1CC(=O)C=C(OC)C=C[C@@H]1C. The van der Waals surface area contributed by atoms with Crippen LogP contribution in [0.5, 0.6) is 0 Å². The summed E-state index contributed by atoms with van der Waals surface area (Å²) in [4.78, 5) is 23.1. The van der Waals surface area contributed by atoms with Crippen molar-refractivity contribution in [3.63, 3.8) is 0 Å². The van der Waals surface area contributed by atoms with E-state index in [-0.39, 0.29) is 24.1 Å². The van der Waals surface area contributed by atoms with Crippen molar-refractivity contribution in [2.24, 2.45) is 11.8 Å². The van der Waals surface area contributed by atoms with Crippen LogP contribution >= 0.6 is 0 Å². The Balaban J connectivity index is 2.91. The number of allylic oxidation sites excluding steroid dienone is 3. The second kappa shape index (κ2) is 5.49. The Morgan fingerprint density at radius 3 is 2.69 bits per heavy atom. The van der Waals surface area contributed by atoms with E-state index in [1.807, 2.05) is 13.0 Å². The van der Waals surface area contributed by atoms with Crippen molar-refractivity contribution in [3.8, 4) is 0 Å². The van der Waals surface area contributed by atoms with Crippen LogP contribution in [0.25, 0.3) is 0 Å². The highest BCUT2D eigenvalue weighted by atomic mass is 16.5. The Morgan fingerprint density at radius 1 is 1.44 bits per heavy atom. The molecule has 0 N–H and O–H groups in total. The third kappa shape index (κ3) is 2.95. The molecule has 88 valence electrons. The van der Waals surface area contributed by atoms with Gasteiger partial charge in [-0.2, -0.15) is 0 Å². The molecule has 0 fully saturated rings. The number of methoxy groups -OCH3 is 2. The van der Waals surface area contributed by atoms with E-state index in [4.69, 9.17) is 4.74 Å². The second-order valence-corrected chi connectivity index (χ2v) is 3.77. The minimum absolute atomic E-state index is 0.0461. The first kappa shape index (κ1) is 12.5. The highest BCUT2D eigenvalue weighted by Crippen LogP contribution is 2.22. The maximum atomic E-state index is 11.6. The van der Waals surface area contributed by atoms with Crippen molar-refractivity contribution in [1.82, 2.24) is 0 Å². The molecular formula is C12H16O4. The van der Waals surface area contributed by atoms with Crippen LogP contribution in [0.1, 0.15) is 13.3 Å². The third-order valence-electron chi connectivity index (χ3n) is 2.66. The highest BCUT2D eigenvalue weighted by molar-refractivity contribution is 5.93. The predicted molar refractivity (Wildman–Crippen MR) is 58.5 cm³/mol. The molecule has 0 aliphatic heterocycles. The average Bonchev–Trinajstić information content (AvgIpc) is 2.28. The first-order valence-electron chi connectivity index (χ1n) is 5.13. The average molecular weight is 224 g/mol. The summed E-state index contributed by atoms with van der Waals surface area (Å²) in [5.74, 6) is -0.415. The number of rotatable bonds is 2. The lowest BCUT2D eigenvalue weighted by Crippen LogP contribution is -2.25. The predicted octanol–water partition coefficient (Wildman–Crippen LogP) is 1.47. The number of hydrogen-bond donors (Lipinski definition) is 0. The molecule has 0 bridgehead atoms. The molecule has 16 heavy (non-hydrogen) atoms. The molecule has 2 atom stereocenters. The summed E-state index contributed by atoms with van der Waals surface area (Å²) in [6.45, 7) is 1.88. The van der Waals surface area contributed by atoms with Crippen LogP contribution in [0.15, 0.2) is 24.0 Å². The zero-order valence-electron chi connectivity index (χ0n) is 9.73. The lowest BCUT2D eigenvalue weighted by molar-refractivity contribution is -0.148. The number of esters is 1. The molecule has 1 rings (SSSR count). The van der Waals surface area contributed by atoms with Crippen LogP contribution in [-0.2, 0) is 19.1 Å². The van der Waals surface area contributed by atoms with Gasteiger partial charge >= 0.3 is 5.97 Å². The van der Waals surface area contributed by atoms with E-state index in [9.17, 15) is 9.59 Å². The van der Waals surface area contributed by atoms with Gasteiger partial charge < -0.3 is 9.47 Å². The van der Waals surface area contributed by atoms with Crippen LogP contribution in [0.4, 0.5) is 0 Å². The fraction of sp³-hybridized carbons (Fsp3) is 0.500. The van der Waals surface area contributed by atoms with Gasteiger partial charge in [-0.05, 0) is 12.0 Å². The van der Waals surface area contributed by atoms with Gasteiger partial charge in [0.1, 0.15) is 5.76 Å². The van der Waals surface area contributed by atoms with E-state index in [0.29, 0.717) is 5.76 Å². The summed E-state index contributed by atoms with van der Waals surface area (Å²) in [6.07, 6.45) is 5.12. The molecule has 4 heteroatoms. The lowest BCUT2D eigenvalue weighted by Gasteiger charge is -2.19. The van der Waals surface area contributed by atoms with Gasteiger partial charge in [0, 0.05) is 12.5 Å². The maximum Gasteiger partial charge on any atom is 0.309 e. The summed E-state index contributed by atoms with van der Waals surface area (Å²) in [5.41, 5.74) is 0. The van der Waals surface area contributed by atoms with Crippen molar-refractivity contribution in [3.05, 3.63) is 24.0 Å². The summed E-state index contributed by atoms with van der Waals surface area (Å²) >= 11 is 0. The molecule has 1 aliphatic carbocycles. The molecule has 0 saturated carbocycles.